The molecule has 0 bridgehead atoms. The fourth-order valence-corrected chi connectivity index (χ4v) is 5.87. The van der Waals surface area contributed by atoms with Gasteiger partial charge in [0.05, 0.1) is 12.5 Å². The van der Waals surface area contributed by atoms with E-state index in [4.69, 9.17) is 0 Å². The van der Waals surface area contributed by atoms with Crippen LogP contribution in [0.1, 0.15) is 55.4 Å². The minimum atomic E-state index is -0.600. The molecule has 0 spiro atoms. The fourth-order valence-electron chi connectivity index (χ4n) is 5.87. The van der Waals surface area contributed by atoms with Gasteiger partial charge in [0.2, 0.25) is 11.8 Å². The summed E-state index contributed by atoms with van der Waals surface area (Å²) in [6, 6.07) is 15.6. The first-order valence-electron chi connectivity index (χ1n) is 13.5. The highest BCUT2D eigenvalue weighted by Crippen LogP contribution is 2.41. The van der Waals surface area contributed by atoms with Crippen molar-refractivity contribution < 1.29 is 14.4 Å². The van der Waals surface area contributed by atoms with Crippen LogP contribution >= 0.6 is 0 Å². The second-order valence-electron chi connectivity index (χ2n) is 11.0. The Bertz CT molecular complexity index is 1210. The molecule has 3 fully saturated rings. The van der Waals surface area contributed by atoms with Gasteiger partial charge in [-0.05, 0) is 56.7 Å². The van der Waals surface area contributed by atoms with Gasteiger partial charge in [-0.2, -0.15) is 5.43 Å². The van der Waals surface area contributed by atoms with Gasteiger partial charge in [-0.25, -0.2) is 4.79 Å². The Balaban J connectivity index is 1.43. The van der Waals surface area contributed by atoms with E-state index in [2.05, 4.69) is 17.3 Å². The quantitative estimate of drug-likeness (QED) is 0.584. The van der Waals surface area contributed by atoms with Crippen molar-refractivity contribution in [3.8, 4) is 0 Å². The van der Waals surface area contributed by atoms with E-state index in [0.717, 1.165) is 22.3 Å². The zero-order valence-corrected chi connectivity index (χ0v) is 22.4. The van der Waals surface area contributed by atoms with Crippen LogP contribution < -0.4 is 10.7 Å². The van der Waals surface area contributed by atoms with Crippen LogP contribution in [0.15, 0.2) is 55.1 Å². The standard InChI is InChI=1S/C30H37N5O3/c1-5-21-10-12-23(13-11-21)18-34-30(38)35-26-16-24(27(36)31-19(2)3)14-15-25(26)28(37)33(29(35)32-34)17-22-8-6-20(4)7-9-22/h5-13,19,24-26,29,32H,1,14-18H2,2-4H3,(H,31,36). The number of carbonyl (C=O) groups is 3. The van der Waals surface area contributed by atoms with Crippen molar-refractivity contribution in [1.29, 1.82) is 0 Å². The average Bonchev–Trinajstić information content (AvgIpc) is 3.23. The van der Waals surface area contributed by atoms with Crippen LogP contribution in [0.5, 0.6) is 0 Å². The second-order valence-corrected chi connectivity index (χ2v) is 11.0. The highest BCUT2D eigenvalue weighted by molar-refractivity contribution is 5.87. The Morgan fingerprint density at radius 3 is 2.37 bits per heavy atom. The number of nitrogens with one attached hydrogen (secondary N) is 2. The normalized spacial score (nSPS) is 24.9. The van der Waals surface area contributed by atoms with E-state index in [1.54, 1.807) is 16.0 Å². The molecule has 8 nitrogen and oxygen atoms in total. The Hall–Kier alpha value is -3.65. The van der Waals surface area contributed by atoms with Crippen molar-refractivity contribution in [3.05, 3.63) is 77.4 Å². The maximum absolute atomic E-state index is 13.9. The Labute approximate surface area is 224 Å². The number of carbonyl (C=O) groups excluding carboxylic acids is 3. The molecule has 2 aromatic carbocycles. The molecule has 2 N–H and O–H groups in total. The van der Waals surface area contributed by atoms with E-state index in [0.29, 0.717) is 32.4 Å². The number of amides is 4. The summed E-state index contributed by atoms with van der Waals surface area (Å²) in [6.45, 7) is 10.5. The van der Waals surface area contributed by atoms with Gasteiger partial charge in [-0.3, -0.25) is 19.5 Å². The van der Waals surface area contributed by atoms with Crippen molar-refractivity contribution in [1.82, 2.24) is 25.6 Å². The minimum absolute atomic E-state index is 0.00306. The first kappa shape index (κ1) is 26.0. The summed E-state index contributed by atoms with van der Waals surface area (Å²) in [4.78, 5) is 44.2. The number of fused-ring (bicyclic) bond motifs is 3. The molecule has 2 aromatic rings. The molecule has 2 aliphatic heterocycles. The summed E-state index contributed by atoms with van der Waals surface area (Å²) in [6.07, 6.45) is 2.90. The number of aryl methyl sites for hydroxylation is 1. The number of nitrogens with zero attached hydrogens (tertiary/aromatic N) is 3. The highest BCUT2D eigenvalue weighted by atomic mass is 16.2. The van der Waals surface area contributed by atoms with Crippen LogP contribution in [0.3, 0.4) is 0 Å². The molecule has 4 atom stereocenters. The molecule has 1 saturated carbocycles. The third kappa shape index (κ3) is 5.05. The molecule has 3 aliphatic rings. The predicted molar refractivity (Wildman–Crippen MR) is 146 cm³/mol. The van der Waals surface area contributed by atoms with Gasteiger partial charge in [0.15, 0.2) is 6.29 Å². The molecule has 2 heterocycles. The van der Waals surface area contributed by atoms with Crippen LogP contribution in [0.2, 0.25) is 0 Å². The third-order valence-corrected chi connectivity index (χ3v) is 7.89. The van der Waals surface area contributed by atoms with Crippen molar-refractivity contribution in [3.63, 3.8) is 0 Å². The van der Waals surface area contributed by atoms with Crippen molar-refractivity contribution in [2.45, 2.75) is 71.5 Å². The largest absolute Gasteiger partial charge is 0.354 e. The van der Waals surface area contributed by atoms with E-state index < -0.39 is 6.29 Å². The molecule has 200 valence electrons. The number of hydrazine groups is 1. The lowest BCUT2D eigenvalue weighted by Gasteiger charge is -2.49. The molecular weight excluding hydrogens is 478 g/mol. The summed E-state index contributed by atoms with van der Waals surface area (Å²) in [7, 11) is 0. The summed E-state index contributed by atoms with van der Waals surface area (Å²) >= 11 is 0. The van der Waals surface area contributed by atoms with Gasteiger partial charge < -0.3 is 10.2 Å². The molecule has 5 rings (SSSR count). The van der Waals surface area contributed by atoms with Crippen LogP contribution in [-0.2, 0) is 22.7 Å². The monoisotopic (exact) mass is 515 g/mol. The Morgan fingerprint density at radius 1 is 1.05 bits per heavy atom. The topological polar surface area (TPSA) is 85.0 Å². The molecule has 0 radical (unpaired) electrons. The summed E-state index contributed by atoms with van der Waals surface area (Å²) < 4.78 is 0. The van der Waals surface area contributed by atoms with E-state index in [1.165, 1.54) is 0 Å². The lowest BCUT2D eigenvalue weighted by molar-refractivity contribution is -0.159. The molecule has 2 saturated heterocycles. The zero-order chi connectivity index (χ0) is 27.0. The number of hydrogen-bond donors (Lipinski definition) is 2. The van der Waals surface area contributed by atoms with Crippen LogP contribution in [-0.4, -0.2) is 51.0 Å². The number of urea groups is 1. The van der Waals surface area contributed by atoms with Gasteiger partial charge in [0.25, 0.3) is 0 Å². The Morgan fingerprint density at radius 2 is 1.71 bits per heavy atom. The Kier molecular flexibility index (Phi) is 7.25. The van der Waals surface area contributed by atoms with Gasteiger partial charge >= 0.3 is 6.03 Å². The SMILES string of the molecule is C=Cc1ccc(CN2NC3N(Cc4ccc(C)cc4)C(=O)C4CCC(C(=O)NC(C)C)CC4N3C2=O)cc1. The highest BCUT2D eigenvalue weighted by Gasteiger charge is 2.56. The minimum Gasteiger partial charge on any atom is -0.354 e. The van der Waals surface area contributed by atoms with Crippen molar-refractivity contribution >= 4 is 23.9 Å². The molecule has 0 aromatic heterocycles. The van der Waals surface area contributed by atoms with Gasteiger partial charge in [-0.15, -0.1) is 0 Å². The first-order valence-corrected chi connectivity index (χ1v) is 13.5. The van der Waals surface area contributed by atoms with E-state index >= 15 is 0 Å². The summed E-state index contributed by atoms with van der Waals surface area (Å²) in [5, 5.41) is 4.62. The lowest BCUT2D eigenvalue weighted by atomic mass is 9.75. The molecule has 4 amide bonds. The molecule has 38 heavy (non-hydrogen) atoms. The molecule has 8 heteroatoms. The number of rotatable bonds is 7. The van der Waals surface area contributed by atoms with Gasteiger partial charge in [0, 0.05) is 24.5 Å². The summed E-state index contributed by atoms with van der Waals surface area (Å²) in [5.74, 6) is -0.498. The summed E-state index contributed by atoms with van der Waals surface area (Å²) in [5.41, 5.74) is 7.49. The van der Waals surface area contributed by atoms with Gasteiger partial charge in [-0.1, -0.05) is 66.7 Å². The lowest BCUT2D eigenvalue weighted by Crippen LogP contribution is -2.66. The van der Waals surface area contributed by atoms with Crippen molar-refractivity contribution in [2.24, 2.45) is 11.8 Å². The van der Waals surface area contributed by atoms with Crippen LogP contribution in [0.4, 0.5) is 4.79 Å². The third-order valence-electron chi connectivity index (χ3n) is 7.89. The van der Waals surface area contributed by atoms with Crippen LogP contribution in [0, 0.1) is 18.8 Å². The molecule has 1 aliphatic carbocycles. The van der Waals surface area contributed by atoms with E-state index in [9.17, 15) is 14.4 Å². The molecule has 4 unspecified atom stereocenters. The van der Waals surface area contributed by atoms with E-state index in [-0.39, 0.29) is 41.8 Å². The number of hydrogen-bond acceptors (Lipinski definition) is 4. The zero-order valence-electron chi connectivity index (χ0n) is 22.4. The average molecular weight is 516 g/mol. The van der Waals surface area contributed by atoms with Crippen LogP contribution in [0.25, 0.3) is 6.08 Å². The molecular formula is C30H37N5O3. The van der Waals surface area contributed by atoms with E-state index in [1.807, 2.05) is 74.2 Å². The second kappa shape index (κ2) is 10.6. The maximum atomic E-state index is 13.9. The van der Waals surface area contributed by atoms with Crippen molar-refractivity contribution in [2.75, 3.05) is 0 Å². The predicted octanol–water partition coefficient (Wildman–Crippen LogP) is 4.02. The maximum Gasteiger partial charge on any atom is 0.337 e. The van der Waals surface area contributed by atoms with Gasteiger partial charge in [0.1, 0.15) is 0 Å². The fraction of sp³-hybridized carbons (Fsp3) is 0.433. The smallest absolute Gasteiger partial charge is 0.337 e. The first-order chi connectivity index (χ1) is 18.2. The number of benzene rings is 2.